The summed E-state index contributed by atoms with van der Waals surface area (Å²) in [6, 6.07) is 1.93. The lowest BCUT2D eigenvalue weighted by atomic mass is 9.85. The van der Waals surface area contributed by atoms with E-state index in [-0.39, 0.29) is 5.56 Å². The normalized spacial score (nSPS) is 18.4. The second kappa shape index (κ2) is 8.94. The second-order valence-electron chi connectivity index (χ2n) is 8.20. The van der Waals surface area contributed by atoms with Crippen LogP contribution in [0.25, 0.3) is 10.8 Å². The van der Waals surface area contributed by atoms with Gasteiger partial charge >= 0.3 is 0 Å². The fourth-order valence-electron chi connectivity index (χ4n) is 4.27. The predicted molar refractivity (Wildman–Crippen MR) is 113 cm³/mol. The third-order valence-corrected chi connectivity index (χ3v) is 6.97. The zero-order valence-electron chi connectivity index (χ0n) is 16.8. The van der Waals surface area contributed by atoms with Gasteiger partial charge in [0.05, 0.1) is 13.3 Å². The van der Waals surface area contributed by atoms with Gasteiger partial charge < -0.3 is 19.4 Å². The summed E-state index contributed by atoms with van der Waals surface area (Å²) < 4.78 is 7.05. The highest BCUT2D eigenvalue weighted by molar-refractivity contribution is 7.45. The Labute approximate surface area is 171 Å². The molecule has 0 amide bonds. The van der Waals surface area contributed by atoms with Gasteiger partial charge in [-0.3, -0.25) is 4.79 Å². The number of pyridine rings is 1. The monoisotopic (exact) mass is 420 g/mol. The summed E-state index contributed by atoms with van der Waals surface area (Å²) >= 11 is 0. The van der Waals surface area contributed by atoms with Crippen LogP contribution in [-0.2, 0) is 6.54 Å². The standard InChI is InChI=1S/C20H29N4O4P/c1-28-19-18-16(12-21-24(20(18)25)13-15-3-2-4-15)11-17(22-19)23-8-5-14(6-9-23)7-10-29(26)27/h11-12,14-15,26-27H,2-10,13H2,1H3. The number of anilines is 1. The molecule has 0 atom stereocenters. The van der Waals surface area contributed by atoms with Gasteiger partial charge in [0.15, 0.2) is 8.38 Å². The van der Waals surface area contributed by atoms with E-state index in [1.807, 2.05) is 6.07 Å². The number of hydrogen-bond acceptors (Lipinski definition) is 7. The third kappa shape index (κ3) is 4.55. The number of ether oxygens (including phenoxy) is 1. The highest BCUT2D eigenvalue weighted by Gasteiger charge is 2.24. The van der Waals surface area contributed by atoms with Gasteiger partial charge in [0.2, 0.25) is 5.88 Å². The maximum atomic E-state index is 13.0. The summed E-state index contributed by atoms with van der Waals surface area (Å²) in [5.74, 6) is 2.22. The second-order valence-corrected chi connectivity index (χ2v) is 9.39. The van der Waals surface area contributed by atoms with Gasteiger partial charge in [0.1, 0.15) is 11.2 Å². The van der Waals surface area contributed by atoms with Crippen molar-refractivity contribution in [2.45, 2.75) is 45.1 Å². The lowest BCUT2D eigenvalue weighted by molar-refractivity contribution is 0.262. The lowest BCUT2D eigenvalue weighted by Gasteiger charge is -2.33. The zero-order chi connectivity index (χ0) is 20.4. The van der Waals surface area contributed by atoms with E-state index in [0.29, 0.717) is 35.8 Å². The first-order valence-corrected chi connectivity index (χ1v) is 11.8. The summed E-state index contributed by atoms with van der Waals surface area (Å²) in [6.07, 6.45) is 8.63. The summed E-state index contributed by atoms with van der Waals surface area (Å²) in [5.41, 5.74) is -0.131. The number of methoxy groups -OCH3 is 1. The van der Waals surface area contributed by atoms with E-state index in [1.54, 1.807) is 18.0 Å². The van der Waals surface area contributed by atoms with Gasteiger partial charge in [-0.1, -0.05) is 6.42 Å². The van der Waals surface area contributed by atoms with Crippen molar-refractivity contribution < 1.29 is 14.5 Å². The van der Waals surface area contributed by atoms with Crippen molar-refractivity contribution in [2.75, 3.05) is 31.3 Å². The molecule has 2 aliphatic rings. The molecule has 158 valence electrons. The summed E-state index contributed by atoms with van der Waals surface area (Å²) in [4.78, 5) is 38.1. The molecule has 1 saturated heterocycles. The van der Waals surface area contributed by atoms with E-state index in [0.717, 1.165) is 56.4 Å². The van der Waals surface area contributed by atoms with Crippen LogP contribution in [0.3, 0.4) is 0 Å². The third-order valence-electron chi connectivity index (χ3n) is 6.31. The molecule has 2 N–H and O–H groups in total. The minimum absolute atomic E-state index is 0.131. The number of aromatic nitrogens is 3. The molecule has 8 nitrogen and oxygen atoms in total. The molecule has 2 fully saturated rings. The van der Waals surface area contributed by atoms with Gasteiger partial charge in [-0.05, 0) is 50.0 Å². The fourth-order valence-corrected chi connectivity index (χ4v) is 4.86. The number of piperidine rings is 1. The zero-order valence-corrected chi connectivity index (χ0v) is 17.7. The number of rotatable bonds is 7. The maximum Gasteiger partial charge on any atom is 0.280 e. The quantitative estimate of drug-likeness (QED) is 0.664. The Morgan fingerprint density at radius 3 is 2.59 bits per heavy atom. The average Bonchev–Trinajstić information content (AvgIpc) is 2.70. The molecule has 1 aliphatic carbocycles. The largest absolute Gasteiger partial charge is 0.480 e. The average molecular weight is 420 g/mol. The topological polar surface area (TPSA) is 101 Å². The molecule has 0 aromatic carbocycles. The van der Waals surface area contributed by atoms with Crippen LogP contribution >= 0.6 is 8.38 Å². The molecule has 0 radical (unpaired) electrons. The maximum absolute atomic E-state index is 13.0. The number of hydrogen-bond donors (Lipinski definition) is 2. The Bertz CT molecular complexity index is 907. The Balaban J connectivity index is 1.54. The Hall–Kier alpha value is -1.76. The SMILES string of the molecule is COc1nc(N2CCC(CCP(O)O)CC2)cc2cnn(CC3CCC3)c(=O)c12. The number of fused-ring (bicyclic) bond motifs is 1. The van der Waals surface area contributed by atoms with Crippen LogP contribution in [-0.4, -0.2) is 50.9 Å². The minimum atomic E-state index is -1.80. The van der Waals surface area contributed by atoms with Crippen molar-refractivity contribution in [3.05, 3.63) is 22.6 Å². The van der Waals surface area contributed by atoms with E-state index in [1.165, 1.54) is 6.42 Å². The van der Waals surface area contributed by atoms with Gasteiger partial charge in [0.25, 0.3) is 5.56 Å². The Morgan fingerprint density at radius 2 is 1.97 bits per heavy atom. The molecular weight excluding hydrogens is 391 g/mol. The molecule has 2 aromatic heterocycles. The molecule has 29 heavy (non-hydrogen) atoms. The van der Waals surface area contributed by atoms with Gasteiger partial charge in [-0.25, -0.2) is 4.68 Å². The molecule has 4 rings (SSSR count). The summed E-state index contributed by atoms with van der Waals surface area (Å²) in [6.45, 7) is 2.37. The first-order chi connectivity index (χ1) is 14.0. The van der Waals surface area contributed by atoms with E-state index in [2.05, 4.69) is 15.0 Å². The van der Waals surface area contributed by atoms with E-state index >= 15 is 0 Å². The molecule has 3 heterocycles. The van der Waals surface area contributed by atoms with Crippen LogP contribution in [0.5, 0.6) is 5.88 Å². The van der Waals surface area contributed by atoms with Crippen molar-refractivity contribution in [1.82, 2.24) is 14.8 Å². The highest BCUT2D eigenvalue weighted by Crippen LogP contribution is 2.32. The molecule has 1 aliphatic heterocycles. The van der Waals surface area contributed by atoms with E-state index in [4.69, 9.17) is 14.5 Å². The van der Waals surface area contributed by atoms with Crippen LogP contribution in [0.15, 0.2) is 17.1 Å². The first-order valence-electron chi connectivity index (χ1n) is 10.4. The van der Waals surface area contributed by atoms with Crippen molar-refractivity contribution in [3.8, 4) is 5.88 Å². The molecule has 2 aromatic rings. The van der Waals surface area contributed by atoms with Crippen LogP contribution in [0.1, 0.15) is 38.5 Å². The summed E-state index contributed by atoms with van der Waals surface area (Å²) in [5, 5.41) is 5.66. The highest BCUT2D eigenvalue weighted by atomic mass is 31.2. The first kappa shape index (κ1) is 20.5. The van der Waals surface area contributed by atoms with Crippen LogP contribution in [0.4, 0.5) is 5.82 Å². The van der Waals surface area contributed by atoms with Crippen molar-refractivity contribution in [3.63, 3.8) is 0 Å². The molecule has 0 bridgehead atoms. The van der Waals surface area contributed by atoms with Crippen molar-refractivity contribution >= 4 is 25.0 Å². The predicted octanol–water partition coefficient (Wildman–Crippen LogP) is 2.50. The lowest BCUT2D eigenvalue weighted by Crippen LogP contribution is -2.34. The van der Waals surface area contributed by atoms with Gasteiger partial charge in [0, 0.05) is 31.2 Å². The summed E-state index contributed by atoms with van der Waals surface area (Å²) in [7, 11) is -0.246. The smallest absolute Gasteiger partial charge is 0.280 e. The van der Waals surface area contributed by atoms with Crippen molar-refractivity contribution in [1.29, 1.82) is 0 Å². The minimum Gasteiger partial charge on any atom is -0.480 e. The van der Waals surface area contributed by atoms with E-state index in [9.17, 15) is 4.79 Å². The fraction of sp³-hybridized carbons (Fsp3) is 0.650. The molecule has 9 heteroatoms. The van der Waals surface area contributed by atoms with Crippen molar-refractivity contribution in [2.24, 2.45) is 11.8 Å². The Kier molecular flexibility index (Phi) is 6.32. The van der Waals surface area contributed by atoms with Gasteiger partial charge in [-0.2, -0.15) is 10.1 Å². The molecule has 0 spiro atoms. The van der Waals surface area contributed by atoms with Crippen LogP contribution in [0, 0.1) is 11.8 Å². The van der Waals surface area contributed by atoms with Gasteiger partial charge in [-0.15, -0.1) is 0 Å². The van der Waals surface area contributed by atoms with E-state index < -0.39 is 8.38 Å². The van der Waals surface area contributed by atoms with Crippen LogP contribution in [0.2, 0.25) is 0 Å². The molecular formula is C20H29N4O4P. The number of nitrogens with zero attached hydrogens (tertiary/aromatic N) is 4. The van der Waals surface area contributed by atoms with Crippen LogP contribution < -0.4 is 15.2 Å². The Morgan fingerprint density at radius 1 is 1.21 bits per heavy atom. The molecule has 0 unspecified atom stereocenters. The molecule has 1 saturated carbocycles.